The van der Waals surface area contributed by atoms with Crippen molar-refractivity contribution in [2.75, 3.05) is 0 Å². The minimum absolute atomic E-state index is 0.802. The lowest BCUT2D eigenvalue weighted by atomic mass is 10.1. The van der Waals surface area contributed by atoms with Crippen molar-refractivity contribution in [1.29, 1.82) is 0 Å². The number of pyridine rings is 1. The zero-order valence-corrected chi connectivity index (χ0v) is 11.9. The summed E-state index contributed by atoms with van der Waals surface area (Å²) in [6.07, 6.45) is 0. The highest BCUT2D eigenvalue weighted by Crippen LogP contribution is 2.29. The zero-order valence-electron chi connectivity index (χ0n) is 11.9. The van der Waals surface area contributed by atoms with Gasteiger partial charge in [0, 0.05) is 16.6 Å². The lowest BCUT2D eigenvalue weighted by Crippen LogP contribution is -2.20. The molecule has 1 aliphatic heterocycles. The number of hydrogen-bond acceptors (Lipinski definition) is 2. The third-order valence-corrected chi connectivity index (χ3v) is 4.04. The van der Waals surface area contributed by atoms with Crippen molar-refractivity contribution in [3.8, 4) is 0 Å². The minimum Gasteiger partial charge on any atom is -0.286 e. The fraction of sp³-hybridized carbons (Fsp3) is 0.111. The quantitative estimate of drug-likeness (QED) is 0.693. The van der Waals surface area contributed by atoms with E-state index < -0.39 is 0 Å². The molecule has 21 heavy (non-hydrogen) atoms. The summed E-state index contributed by atoms with van der Waals surface area (Å²) in [5.41, 5.74) is 11.9. The number of nitrogens with zero attached hydrogens (tertiary/aromatic N) is 2. The van der Waals surface area contributed by atoms with Crippen LogP contribution in [0.2, 0.25) is 0 Å². The molecule has 0 bridgehead atoms. The van der Waals surface area contributed by atoms with Crippen LogP contribution in [0.25, 0.3) is 10.9 Å². The molecule has 0 saturated heterocycles. The Bertz CT molecular complexity index is 894. The lowest BCUT2D eigenvalue weighted by molar-refractivity contribution is -0.451. The van der Waals surface area contributed by atoms with Gasteiger partial charge in [0.15, 0.2) is 5.69 Å². The average Bonchev–Trinajstić information content (AvgIpc) is 2.84. The fourth-order valence-electron chi connectivity index (χ4n) is 2.97. The maximum Gasteiger partial charge on any atom is 0.280 e. The first-order valence-electron chi connectivity index (χ1n) is 7.08. The Kier molecular flexibility index (Phi) is 2.54. The number of aryl methyl sites for hydroxylation is 1. The van der Waals surface area contributed by atoms with Gasteiger partial charge in [-0.15, -0.1) is 0 Å². The predicted octanol–water partition coefficient (Wildman–Crippen LogP) is 3.11. The van der Waals surface area contributed by atoms with Gasteiger partial charge in [-0.25, -0.2) is 9.56 Å². The summed E-state index contributed by atoms with van der Waals surface area (Å²) in [4.78, 5) is 4.71. The normalized spacial score (nSPS) is 13.8. The van der Waals surface area contributed by atoms with E-state index in [1.165, 1.54) is 5.56 Å². The van der Waals surface area contributed by atoms with Crippen molar-refractivity contribution in [3.63, 3.8) is 0 Å². The second-order valence-electron chi connectivity index (χ2n) is 5.43. The van der Waals surface area contributed by atoms with Crippen LogP contribution in [0.15, 0.2) is 54.6 Å². The standard InChI is InChI=1S/C18H15N3/c1-12-9-10-13-6-4-8-16(17(13)20-12)21-11-14-5-2-3-7-15(14)18(21)19/h2-10,19H,11H2,1H3/p+1. The molecule has 1 aliphatic rings. The van der Waals surface area contributed by atoms with Gasteiger partial charge in [-0.2, -0.15) is 0 Å². The highest BCUT2D eigenvalue weighted by molar-refractivity contribution is 5.98. The van der Waals surface area contributed by atoms with E-state index in [0.717, 1.165) is 40.2 Å². The van der Waals surface area contributed by atoms with Gasteiger partial charge in [-0.1, -0.05) is 36.4 Å². The minimum atomic E-state index is 0.802. The molecule has 102 valence electrons. The number of hydrogen-bond donors (Lipinski definition) is 1. The third-order valence-electron chi connectivity index (χ3n) is 4.04. The van der Waals surface area contributed by atoms with Gasteiger partial charge in [-0.05, 0) is 25.1 Å². The van der Waals surface area contributed by atoms with Crippen LogP contribution in [0.4, 0.5) is 5.69 Å². The molecule has 3 nitrogen and oxygen atoms in total. The molecule has 2 aromatic carbocycles. The maximum absolute atomic E-state index is 6.37. The summed E-state index contributed by atoms with van der Waals surface area (Å²) in [6, 6.07) is 18.7. The number of amidine groups is 1. The summed E-state index contributed by atoms with van der Waals surface area (Å²) in [5.74, 6) is 0.807. The van der Waals surface area contributed by atoms with E-state index in [4.69, 9.17) is 10.7 Å². The third kappa shape index (κ3) is 1.82. The van der Waals surface area contributed by atoms with Gasteiger partial charge in [0.25, 0.3) is 5.84 Å². The number of benzene rings is 2. The summed E-state index contributed by atoms with van der Waals surface area (Å²) >= 11 is 0. The van der Waals surface area contributed by atoms with E-state index in [1.54, 1.807) is 0 Å². The van der Waals surface area contributed by atoms with E-state index in [-0.39, 0.29) is 0 Å². The van der Waals surface area contributed by atoms with Crippen molar-refractivity contribution in [2.45, 2.75) is 13.5 Å². The molecular formula is C18H16N3+. The Morgan fingerprint density at radius 1 is 1.00 bits per heavy atom. The molecule has 0 spiro atoms. The molecule has 3 heteroatoms. The van der Waals surface area contributed by atoms with Crippen LogP contribution in [0.3, 0.4) is 0 Å². The van der Waals surface area contributed by atoms with Gasteiger partial charge >= 0.3 is 0 Å². The molecule has 0 atom stereocenters. The van der Waals surface area contributed by atoms with Gasteiger partial charge in [0.1, 0.15) is 12.1 Å². The Balaban J connectivity index is 1.97. The van der Waals surface area contributed by atoms with Crippen LogP contribution in [0.1, 0.15) is 16.8 Å². The van der Waals surface area contributed by atoms with Gasteiger partial charge in [-0.3, -0.25) is 5.73 Å². The van der Waals surface area contributed by atoms with Crippen LogP contribution >= 0.6 is 0 Å². The van der Waals surface area contributed by atoms with Crippen LogP contribution < -0.4 is 5.73 Å². The van der Waals surface area contributed by atoms with Crippen LogP contribution in [0, 0.1) is 6.92 Å². The van der Waals surface area contributed by atoms with Gasteiger partial charge in [0.05, 0.1) is 5.56 Å². The summed E-state index contributed by atoms with van der Waals surface area (Å²) in [7, 11) is 0. The zero-order chi connectivity index (χ0) is 14.4. The van der Waals surface area contributed by atoms with Crippen LogP contribution in [-0.4, -0.2) is 15.4 Å². The Morgan fingerprint density at radius 2 is 1.86 bits per heavy atom. The van der Waals surface area contributed by atoms with E-state index in [0.29, 0.717) is 0 Å². The molecule has 0 aliphatic carbocycles. The fourth-order valence-corrected chi connectivity index (χ4v) is 2.97. The molecule has 4 rings (SSSR count). The maximum atomic E-state index is 6.37. The predicted molar refractivity (Wildman–Crippen MR) is 84.8 cm³/mol. The first kappa shape index (κ1) is 12.1. The molecule has 0 radical (unpaired) electrons. The molecule has 0 saturated carbocycles. The van der Waals surface area contributed by atoms with Gasteiger partial charge in [0.2, 0.25) is 0 Å². The number of rotatable bonds is 1. The molecule has 3 aromatic rings. The van der Waals surface area contributed by atoms with E-state index >= 15 is 0 Å². The largest absolute Gasteiger partial charge is 0.286 e. The molecule has 1 aromatic heterocycles. The highest BCUT2D eigenvalue weighted by atomic mass is 15.1. The van der Waals surface area contributed by atoms with Crippen LogP contribution in [-0.2, 0) is 6.54 Å². The van der Waals surface area contributed by atoms with Gasteiger partial charge < -0.3 is 0 Å². The van der Waals surface area contributed by atoms with Crippen molar-refractivity contribution in [1.82, 2.24) is 4.98 Å². The lowest BCUT2D eigenvalue weighted by Gasteiger charge is -2.07. The number of para-hydroxylation sites is 1. The van der Waals surface area contributed by atoms with Crippen molar-refractivity contribution < 1.29 is 4.58 Å². The van der Waals surface area contributed by atoms with E-state index in [2.05, 4.69) is 47.0 Å². The number of aromatic nitrogens is 1. The molecule has 2 N–H and O–H groups in total. The van der Waals surface area contributed by atoms with Crippen LogP contribution in [0.5, 0.6) is 0 Å². The highest BCUT2D eigenvalue weighted by Gasteiger charge is 2.26. The summed E-state index contributed by atoms with van der Waals surface area (Å²) in [5, 5.41) is 1.14. The van der Waals surface area contributed by atoms with E-state index in [1.807, 2.05) is 19.1 Å². The second-order valence-corrected chi connectivity index (χ2v) is 5.43. The monoisotopic (exact) mass is 274 g/mol. The Hall–Kier alpha value is -2.68. The Morgan fingerprint density at radius 3 is 2.71 bits per heavy atom. The Labute approximate surface area is 123 Å². The smallest absolute Gasteiger partial charge is 0.280 e. The number of fused-ring (bicyclic) bond motifs is 2. The van der Waals surface area contributed by atoms with E-state index in [9.17, 15) is 0 Å². The summed E-state index contributed by atoms with van der Waals surface area (Å²) < 4.78 is 2.15. The SMILES string of the molecule is Cc1ccc2cccc([N+]3=C(N)c4ccccc4C3)c2n1. The molecule has 0 fully saturated rings. The average molecular weight is 274 g/mol. The molecule has 0 amide bonds. The van der Waals surface area contributed by atoms with Crippen molar-refractivity contribution in [3.05, 3.63) is 71.4 Å². The van der Waals surface area contributed by atoms with Crippen molar-refractivity contribution >= 4 is 22.4 Å². The second kappa shape index (κ2) is 4.42. The molecule has 2 heterocycles. The summed E-state index contributed by atoms with van der Waals surface area (Å²) in [6.45, 7) is 2.82. The topological polar surface area (TPSA) is 41.9 Å². The first-order chi connectivity index (χ1) is 10.2. The van der Waals surface area contributed by atoms with Crippen molar-refractivity contribution in [2.24, 2.45) is 5.73 Å². The molecular weight excluding hydrogens is 258 g/mol. The molecule has 0 unspecified atom stereocenters. The first-order valence-corrected chi connectivity index (χ1v) is 7.08. The number of nitrogens with two attached hydrogens (primary N) is 1.